The van der Waals surface area contributed by atoms with Crippen molar-refractivity contribution in [1.29, 1.82) is 0 Å². The van der Waals surface area contributed by atoms with Crippen molar-refractivity contribution in [3.63, 3.8) is 0 Å². The van der Waals surface area contributed by atoms with E-state index in [-0.39, 0.29) is 6.10 Å². The normalized spacial score (nSPS) is 20.0. The van der Waals surface area contributed by atoms with Gasteiger partial charge in [-0.1, -0.05) is 17.7 Å². The Kier molecular flexibility index (Phi) is 2.46. The molecule has 3 rings (SSSR count). The van der Waals surface area contributed by atoms with Crippen molar-refractivity contribution in [1.82, 2.24) is 0 Å². The van der Waals surface area contributed by atoms with Gasteiger partial charge in [-0.25, -0.2) is 0 Å². The molecule has 1 aliphatic rings. The third kappa shape index (κ3) is 1.47. The van der Waals surface area contributed by atoms with E-state index in [1.54, 1.807) is 0 Å². The molecule has 3 heteroatoms. The number of hydrogen-bond donors (Lipinski definition) is 1. The van der Waals surface area contributed by atoms with Crippen LogP contribution in [0.15, 0.2) is 18.2 Å². The number of nitrogens with two attached hydrogens (primary N) is 1. The fourth-order valence-electron chi connectivity index (χ4n) is 2.38. The molecule has 0 radical (unpaired) electrons. The largest absolute Gasteiger partial charge is 0.372 e. The van der Waals surface area contributed by atoms with Gasteiger partial charge >= 0.3 is 0 Å². The van der Waals surface area contributed by atoms with Crippen LogP contribution in [0.1, 0.15) is 22.1 Å². The maximum atomic E-state index is 5.79. The van der Waals surface area contributed by atoms with Gasteiger partial charge in [-0.3, -0.25) is 0 Å². The Morgan fingerprint density at radius 2 is 2.38 bits per heavy atom. The van der Waals surface area contributed by atoms with E-state index in [1.807, 2.05) is 11.3 Å². The quantitative estimate of drug-likeness (QED) is 0.822. The summed E-state index contributed by atoms with van der Waals surface area (Å²) >= 11 is 1.89. The molecule has 1 aromatic carbocycles. The van der Waals surface area contributed by atoms with Crippen LogP contribution >= 0.6 is 11.3 Å². The molecule has 2 nitrogen and oxygen atoms in total. The van der Waals surface area contributed by atoms with E-state index in [0.717, 1.165) is 13.0 Å². The van der Waals surface area contributed by atoms with Crippen molar-refractivity contribution >= 4 is 21.4 Å². The molecule has 2 heterocycles. The molecule has 0 spiro atoms. The average molecular weight is 233 g/mol. The molecule has 0 saturated carbocycles. The van der Waals surface area contributed by atoms with Gasteiger partial charge in [0.05, 0.1) is 12.7 Å². The van der Waals surface area contributed by atoms with Crippen molar-refractivity contribution < 1.29 is 4.74 Å². The van der Waals surface area contributed by atoms with E-state index in [4.69, 9.17) is 10.5 Å². The second kappa shape index (κ2) is 3.84. The lowest BCUT2D eigenvalue weighted by Crippen LogP contribution is -2.21. The summed E-state index contributed by atoms with van der Waals surface area (Å²) in [5, 5.41) is 1.34. The molecule has 16 heavy (non-hydrogen) atoms. The highest BCUT2D eigenvalue weighted by atomic mass is 32.1. The van der Waals surface area contributed by atoms with E-state index in [2.05, 4.69) is 25.1 Å². The highest BCUT2D eigenvalue weighted by Gasteiger charge is 2.24. The Labute approximate surface area is 99.0 Å². The van der Waals surface area contributed by atoms with E-state index >= 15 is 0 Å². The molecule has 1 unspecified atom stereocenters. The molecule has 2 aromatic rings. The molecule has 84 valence electrons. The molecule has 0 amide bonds. The molecule has 0 aliphatic carbocycles. The average Bonchev–Trinajstić information content (AvgIpc) is 2.66. The van der Waals surface area contributed by atoms with Crippen LogP contribution in [0.2, 0.25) is 0 Å². The van der Waals surface area contributed by atoms with E-state index in [9.17, 15) is 0 Å². The summed E-state index contributed by atoms with van der Waals surface area (Å²) in [7, 11) is 0. The predicted molar refractivity (Wildman–Crippen MR) is 68.0 cm³/mol. The van der Waals surface area contributed by atoms with Crippen molar-refractivity contribution in [2.45, 2.75) is 19.4 Å². The summed E-state index contributed by atoms with van der Waals surface area (Å²) in [5.41, 5.74) is 8.43. The van der Waals surface area contributed by atoms with Crippen LogP contribution in [0.4, 0.5) is 0 Å². The number of aryl methyl sites for hydroxylation is 1. The maximum Gasteiger partial charge on any atom is 0.0963 e. The zero-order valence-electron chi connectivity index (χ0n) is 9.32. The number of benzene rings is 1. The van der Waals surface area contributed by atoms with E-state index < -0.39 is 0 Å². The minimum Gasteiger partial charge on any atom is -0.372 e. The lowest BCUT2D eigenvalue weighted by Gasteiger charge is -2.22. The molecule has 1 aromatic heterocycles. The Hall–Kier alpha value is -0.900. The molecule has 1 aliphatic heterocycles. The first-order valence-corrected chi connectivity index (χ1v) is 6.45. The van der Waals surface area contributed by atoms with Crippen molar-refractivity contribution in [3.8, 4) is 0 Å². The van der Waals surface area contributed by atoms with Crippen LogP contribution in [0, 0.1) is 6.92 Å². The first-order chi connectivity index (χ1) is 7.79. The smallest absolute Gasteiger partial charge is 0.0963 e. The second-order valence-corrected chi connectivity index (χ2v) is 5.42. The topological polar surface area (TPSA) is 35.2 Å². The Balaban J connectivity index is 2.27. The molecule has 0 fully saturated rings. The number of rotatable bonds is 1. The van der Waals surface area contributed by atoms with Gasteiger partial charge in [0.25, 0.3) is 0 Å². The predicted octanol–water partition coefficient (Wildman–Crippen LogP) is 2.78. The van der Waals surface area contributed by atoms with Gasteiger partial charge < -0.3 is 10.5 Å². The SMILES string of the molecule is Cc1ccc2sc3c(c2c1)C(CN)OCC3. The van der Waals surface area contributed by atoms with Crippen LogP contribution < -0.4 is 5.73 Å². The standard InChI is InChI=1S/C13H15NOS/c1-8-2-3-11-9(6-8)13-10(7-14)15-5-4-12(13)16-11/h2-3,6,10H,4-5,7,14H2,1H3. The van der Waals surface area contributed by atoms with Crippen LogP contribution in [0.3, 0.4) is 0 Å². The van der Waals surface area contributed by atoms with Crippen LogP contribution in [-0.2, 0) is 11.2 Å². The van der Waals surface area contributed by atoms with Gasteiger partial charge in [0.15, 0.2) is 0 Å². The first kappa shape index (κ1) is 10.3. The molecule has 0 bridgehead atoms. The summed E-state index contributed by atoms with van der Waals surface area (Å²) in [6, 6.07) is 6.63. The van der Waals surface area contributed by atoms with Crippen LogP contribution in [0.25, 0.3) is 10.1 Å². The summed E-state index contributed by atoms with van der Waals surface area (Å²) in [5.74, 6) is 0. The van der Waals surface area contributed by atoms with Crippen LogP contribution in [-0.4, -0.2) is 13.2 Å². The zero-order valence-corrected chi connectivity index (χ0v) is 10.1. The van der Waals surface area contributed by atoms with Gasteiger partial charge in [-0.2, -0.15) is 0 Å². The van der Waals surface area contributed by atoms with Crippen LogP contribution in [0.5, 0.6) is 0 Å². The van der Waals surface area contributed by atoms with Gasteiger partial charge in [0.2, 0.25) is 0 Å². The first-order valence-electron chi connectivity index (χ1n) is 5.63. The number of thiophene rings is 1. The maximum absolute atomic E-state index is 5.79. The minimum absolute atomic E-state index is 0.0966. The van der Waals surface area contributed by atoms with Gasteiger partial charge in [-0.15, -0.1) is 11.3 Å². The number of ether oxygens (including phenoxy) is 1. The molecule has 1 atom stereocenters. The number of fused-ring (bicyclic) bond motifs is 3. The van der Waals surface area contributed by atoms with Gasteiger partial charge in [-0.05, 0) is 18.4 Å². The monoisotopic (exact) mass is 233 g/mol. The molecular formula is C13H15NOS. The summed E-state index contributed by atoms with van der Waals surface area (Å²) in [6.45, 7) is 3.51. The third-order valence-corrected chi connectivity index (χ3v) is 4.39. The molecular weight excluding hydrogens is 218 g/mol. The van der Waals surface area contributed by atoms with Crippen molar-refractivity contribution in [2.24, 2.45) is 5.73 Å². The fourth-order valence-corrected chi connectivity index (χ4v) is 3.60. The lowest BCUT2D eigenvalue weighted by molar-refractivity contribution is 0.0508. The highest BCUT2D eigenvalue weighted by Crippen LogP contribution is 2.39. The van der Waals surface area contributed by atoms with Crippen molar-refractivity contribution in [2.75, 3.05) is 13.2 Å². The fraction of sp³-hybridized carbons (Fsp3) is 0.385. The second-order valence-electron chi connectivity index (χ2n) is 4.28. The molecule has 0 saturated heterocycles. The van der Waals surface area contributed by atoms with Gasteiger partial charge in [0, 0.05) is 28.1 Å². The third-order valence-electron chi connectivity index (χ3n) is 3.14. The van der Waals surface area contributed by atoms with E-state index in [1.165, 1.54) is 26.1 Å². The highest BCUT2D eigenvalue weighted by molar-refractivity contribution is 7.19. The Morgan fingerprint density at radius 3 is 3.19 bits per heavy atom. The minimum atomic E-state index is 0.0966. The zero-order chi connectivity index (χ0) is 11.1. The van der Waals surface area contributed by atoms with Crippen molar-refractivity contribution in [3.05, 3.63) is 34.2 Å². The van der Waals surface area contributed by atoms with E-state index in [0.29, 0.717) is 6.54 Å². The summed E-state index contributed by atoms with van der Waals surface area (Å²) < 4.78 is 7.10. The summed E-state index contributed by atoms with van der Waals surface area (Å²) in [6.07, 6.45) is 1.13. The number of hydrogen-bond acceptors (Lipinski definition) is 3. The lowest BCUT2D eigenvalue weighted by atomic mass is 10.0. The summed E-state index contributed by atoms with van der Waals surface area (Å²) in [4.78, 5) is 1.46. The Bertz CT molecular complexity index is 532. The molecule has 2 N–H and O–H groups in total. The Morgan fingerprint density at radius 1 is 1.50 bits per heavy atom. The van der Waals surface area contributed by atoms with Gasteiger partial charge in [0.1, 0.15) is 0 Å².